The predicted octanol–water partition coefficient (Wildman–Crippen LogP) is 10.7. The van der Waals surface area contributed by atoms with Crippen molar-refractivity contribution in [3.05, 3.63) is 120 Å². The van der Waals surface area contributed by atoms with Gasteiger partial charge in [-0.15, -0.1) is 29.1 Å². The van der Waals surface area contributed by atoms with Gasteiger partial charge in [0.1, 0.15) is 0 Å². The van der Waals surface area contributed by atoms with Crippen LogP contribution in [0.5, 0.6) is 0 Å². The maximum Gasteiger partial charge on any atom is 0.324 e. The molecular formula is C47H56BIrN2O2-. The fourth-order valence-corrected chi connectivity index (χ4v) is 7.91. The first-order valence-corrected chi connectivity index (χ1v) is 19.1. The summed E-state index contributed by atoms with van der Waals surface area (Å²) in [4.78, 5) is 19.2. The van der Waals surface area contributed by atoms with Crippen LogP contribution in [0, 0.1) is 31.7 Å². The number of nitrogens with zero attached hydrogens (tertiary/aromatic N) is 2. The summed E-state index contributed by atoms with van der Waals surface area (Å²) in [5.41, 5.74) is 12.4. The van der Waals surface area contributed by atoms with Crippen LogP contribution in [0.1, 0.15) is 90.8 Å². The Balaban J connectivity index is 0.000000335. The van der Waals surface area contributed by atoms with Crippen LogP contribution in [0.4, 0.5) is 5.69 Å². The largest absolute Gasteiger partial charge is 0.512 e. The molecule has 1 radical (unpaired) electrons. The van der Waals surface area contributed by atoms with Gasteiger partial charge in [-0.25, -0.2) is 0 Å². The normalized spacial score (nSPS) is 12.6. The fraction of sp³-hybridized carbons (Fsp3) is 0.362. The van der Waals surface area contributed by atoms with E-state index in [9.17, 15) is 9.90 Å². The van der Waals surface area contributed by atoms with Crippen LogP contribution in [0.3, 0.4) is 0 Å². The van der Waals surface area contributed by atoms with E-state index in [1.54, 1.807) is 0 Å². The number of fused-ring (bicyclic) bond motifs is 4. The Bertz CT molecular complexity index is 2050. The molecule has 6 heteroatoms. The summed E-state index contributed by atoms with van der Waals surface area (Å²) in [6, 6.07) is 32.3. The van der Waals surface area contributed by atoms with Crippen molar-refractivity contribution in [1.82, 2.24) is 4.98 Å². The van der Waals surface area contributed by atoms with Gasteiger partial charge in [0.05, 0.1) is 5.76 Å². The number of aliphatic hydroxyl groups excluding tert-OH is 1. The van der Waals surface area contributed by atoms with E-state index >= 15 is 0 Å². The Hall–Kier alpha value is -3.99. The molecule has 4 nitrogen and oxygen atoms in total. The molecule has 0 bridgehead atoms. The molecule has 1 aliphatic heterocycles. The first-order valence-electron chi connectivity index (χ1n) is 19.1. The van der Waals surface area contributed by atoms with Crippen molar-refractivity contribution >= 4 is 40.0 Å². The van der Waals surface area contributed by atoms with Gasteiger partial charge in [-0.3, -0.25) is 9.78 Å². The van der Waals surface area contributed by atoms with Crippen LogP contribution in [-0.2, 0) is 30.3 Å². The van der Waals surface area contributed by atoms with E-state index in [1.165, 1.54) is 55.9 Å². The smallest absolute Gasteiger partial charge is 0.324 e. The summed E-state index contributed by atoms with van der Waals surface area (Å²) < 4.78 is 0. The number of anilines is 1. The number of benzene rings is 4. The molecule has 0 atom stereocenters. The van der Waals surface area contributed by atoms with E-state index in [0.29, 0.717) is 0 Å². The van der Waals surface area contributed by atoms with E-state index in [4.69, 9.17) is 4.98 Å². The van der Waals surface area contributed by atoms with E-state index in [0.717, 1.165) is 42.3 Å². The van der Waals surface area contributed by atoms with E-state index in [2.05, 4.69) is 131 Å². The molecule has 1 N–H and O–H groups in total. The zero-order valence-corrected chi connectivity index (χ0v) is 35.7. The zero-order valence-electron chi connectivity index (χ0n) is 33.3. The number of aryl methyl sites for hydroxylation is 2. The van der Waals surface area contributed by atoms with Gasteiger partial charge in [0.15, 0.2) is 5.78 Å². The Morgan fingerprint density at radius 1 is 0.849 bits per heavy atom. The van der Waals surface area contributed by atoms with Crippen molar-refractivity contribution < 1.29 is 30.0 Å². The second-order valence-corrected chi connectivity index (χ2v) is 15.4. The number of ketones is 1. The molecule has 0 spiro atoms. The molecule has 1 aromatic heterocycles. The molecule has 0 fully saturated rings. The Labute approximate surface area is 332 Å². The minimum absolute atomic E-state index is 0. The maximum absolute atomic E-state index is 11.7. The summed E-state index contributed by atoms with van der Waals surface area (Å²) in [5.74, 6) is 0.547. The second kappa shape index (κ2) is 17.9. The third-order valence-corrected chi connectivity index (χ3v) is 10.9. The summed E-state index contributed by atoms with van der Waals surface area (Å²) in [6.45, 7) is 19.5. The number of rotatable bonds is 9. The van der Waals surface area contributed by atoms with Gasteiger partial charge >= 0.3 is 6.85 Å². The van der Waals surface area contributed by atoms with Gasteiger partial charge in [0, 0.05) is 55.6 Å². The van der Waals surface area contributed by atoms with Gasteiger partial charge < -0.3 is 9.92 Å². The predicted molar refractivity (Wildman–Crippen MR) is 223 cm³/mol. The molecule has 0 aliphatic carbocycles. The monoisotopic (exact) mass is 884 g/mol. The van der Waals surface area contributed by atoms with Crippen LogP contribution < -0.4 is 15.7 Å². The minimum Gasteiger partial charge on any atom is -0.512 e. The number of hydrogen-bond donors (Lipinski definition) is 1. The molecule has 53 heavy (non-hydrogen) atoms. The summed E-state index contributed by atoms with van der Waals surface area (Å²) in [7, 11) is 2.22. The average Bonchev–Trinajstić information content (AvgIpc) is 3.13. The molecule has 4 aromatic carbocycles. The number of carbonyl (C=O) groups is 1. The number of aliphatic hydroxyl groups is 1. The molecule has 0 saturated heterocycles. The number of pyridine rings is 1. The molecular weight excluding hydrogens is 828 g/mol. The summed E-state index contributed by atoms with van der Waals surface area (Å²) >= 11 is 0. The van der Waals surface area contributed by atoms with Gasteiger partial charge in [-0.2, -0.15) is 0 Å². The third-order valence-electron chi connectivity index (χ3n) is 10.9. The Kier molecular flexibility index (Phi) is 14.1. The summed E-state index contributed by atoms with van der Waals surface area (Å²) in [5, 5.41) is 12.2. The van der Waals surface area contributed by atoms with Gasteiger partial charge in [-0.05, 0) is 80.1 Å². The first-order chi connectivity index (χ1) is 24.9. The Morgan fingerprint density at radius 2 is 1.45 bits per heavy atom. The van der Waals surface area contributed by atoms with Gasteiger partial charge in [0.25, 0.3) is 0 Å². The SMILES string of the molecule is CCC(CC)C(=O)/C=C(\O)C(CC)CC.Cc1cccc(C)c1B1c2ccccc2-c2ccnc(-c3[c-]c4ccccc4c(C(C)(C)C)c3)c2N1C.[Ir]. The van der Waals surface area contributed by atoms with Crippen LogP contribution in [0.25, 0.3) is 33.2 Å². The molecule has 6 rings (SSSR count). The quantitative estimate of drug-likeness (QED) is 0.0694. The van der Waals surface area contributed by atoms with E-state index in [-0.39, 0.29) is 55.7 Å². The Morgan fingerprint density at radius 3 is 2.08 bits per heavy atom. The van der Waals surface area contributed by atoms with Crippen LogP contribution in [0.2, 0.25) is 0 Å². The number of allylic oxidation sites excluding steroid dienone is 2. The molecule has 279 valence electrons. The van der Waals surface area contributed by atoms with Crippen molar-refractivity contribution in [1.29, 1.82) is 0 Å². The molecule has 2 heterocycles. The van der Waals surface area contributed by atoms with Crippen molar-refractivity contribution in [3.8, 4) is 22.4 Å². The van der Waals surface area contributed by atoms with Crippen molar-refractivity contribution in [2.45, 2.75) is 93.4 Å². The minimum atomic E-state index is -0.00239. The van der Waals surface area contributed by atoms with Crippen LogP contribution in [0.15, 0.2) is 96.9 Å². The first kappa shape index (κ1) is 41.8. The number of carbonyl (C=O) groups excluding carboxylic acids is 1. The average molecular weight is 884 g/mol. The molecule has 1 aliphatic rings. The van der Waals surface area contributed by atoms with E-state index < -0.39 is 0 Å². The summed E-state index contributed by atoms with van der Waals surface area (Å²) in [6.07, 6.45) is 6.86. The van der Waals surface area contributed by atoms with Gasteiger partial charge in [-0.1, -0.05) is 131 Å². The third kappa shape index (κ3) is 8.71. The zero-order chi connectivity index (χ0) is 37.7. The number of hydrogen-bond acceptors (Lipinski definition) is 4. The molecule has 0 saturated carbocycles. The van der Waals surface area contributed by atoms with Crippen molar-refractivity contribution in [3.63, 3.8) is 0 Å². The molecule has 0 unspecified atom stereocenters. The standard InChI is InChI=1S/C34H32BN2.C13H24O2.Ir/c1-22-12-11-13-23(2)31(22)35-30-17-10-9-16-27(30)28-18-19-36-32(33(28)37(35)6)25-20-24-14-7-8-15-26(24)29(21-25)34(3,4)5;1-5-10(6-2)12(14)9-13(15)11(7-3)8-4;/h7-19,21H,1-6H3;9-11,14H,5-8H2,1-4H3;/q-1;;/b;12-9-;. The van der Waals surface area contributed by atoms with Crippen LogP contribution in [-0.4, -0.2) is 29.8 Å². The van der Waals surface area contributed by atoms with Crippen molar-refractivity contribution in [2.24, 2.45) is 11.8 Å². The number of aromatic nitrogens is 1. The fourth-order valence-electron chi connectivity index (χ4n) is 7.91. The van der Waals surface area contributed by atoms with Gasteiger partial charge in [0.2, 0.25) is 0 Å². The van der Waals surface area contributed by atoms with E-state index in [1.807, 2.05) is 33.9 Å². The maximum atomic E-state index is 11.7. The molecule has 0 amide bonds. The molecule has 5 aromatic rings. The van der Waals surface area contributed by atoms with Crippen LogP contribution >= 0.6 is 0 Å². The van der Waals surface area contributed by atoms with Crippen molar-refractivity contribution in [2.75, 3.05) is 11.9 Å². The topological polar surface area (TPSA) is 53.4 Å². The second-order valence-electron chi connectivity index (χ2n) is 15.4.